The fourth-order valence-corrected chi connectivity index (χ4v) is 3.47. The maximum atomic E-state index is 12.9. The van der Waals surface area contributed by atoms with Crippen LogP contribution >= 0.6 is 11.6 Å². The van der Waals surface area contributed by atoms with Crippen LogP contribution in [0, 0.1) is 5.82 Å². The Balaban J connectivity index is 1.63. The number of nitrogens with one attached hydrogen (secondary N) is 2. The molecule has 0 aliphatic rings. The molecule has 0 aromatic heterocycles. The molecule has 134 valence electrons. The van der Waals surface area contributed by atoms with E-state index in [0.717, 1.165) is 23.4 Å². The predicted molar refractivity (Wildman–Crippen MR) is 102 cm³/mol. The van der Waals surface area contributed by atoms with Gasteiger partial charge >= 0.3 is 0 Å². The largest absolute Gasteiger partial charge is 0.381 e. The van der Waals surface area contributed by atoms with Gasteiger partial charge in [0.2, 0.25) is 0 Å². The molecule has 3 aromatic rings. The molecule has 0 amide bonds. The molecule has 3 rings (SSSR count). The topological polar surface area (TPSA) is 58.2 Å². The normalized spacial score (nSPS) is 11.2. The summed E-state index contributed by atoms with van der Waals surface area (Å²) in [6.45, 7) is 0.623. The maximum Gasteiger partial charge on any atom is 0.261 e. The second-order valence-corrected chi connectivity index (χ2v) is 7.74. The van der Waals surface area contributed by atoms with Crippen molar-refractivity contribution in [2.24, 2.45) is 0 Å². The lowest BCUT2D eigenvalue weighted by atomic mass is 10.2. The Bertz CT molecular complexity index is 974. The van der Waals surface area contributed by atoms with Crippen LogP contribution in [0.2, 0.25) is 5.02 Å². The van der Waals surface area contributed by atoms with Gasteiger partial charge in [-0.25, -0.2) is 12.8 Å². The highest BCUT2D eigenvalue weighted by Gasteiger charge is 2.13. The quantitative estimate of drug-likeness (QED) is 0.629. The molecule has 26 heavy (non-hydrogen) atoms. The van der Waals surface area contributed by atoms with Crippen LogP contribution in [-0.2, 0) is 16.6 Å². The molecular formula is C19H16ClFN2O2S. The first-order valence-corrected chi connectivity index (χ1v) is 9.65. The van der Waals surface area contributed by atoms with E-state index in [-0.39, 0.29) is 4.90 Å². The molecule has 0 fully saturated rings. The van der Waals surface area contributed by atoms with Crippen molar-refractivity contribution in [3.63, 3.8) is 0 Å². The van der Waals surface area contributed by atoms with E-state index in [0.29, 0.717) is 17.3 Å². The first-order valence-electron chi connectivity index (χ1n) is 7.79. The number of rotatable bonds is 6. The summed E-state index contributed by atoms with van der Waals surface area (Å²) in [5, 5.41) is 3.93. The average Bonchev–Trinajstić information content (AvgIpc) is 2.62. The third-order valence-corrected chi connectivity index (χ3v) is 5.32. The number of anilines is 2. The summed E-state index contributed by atoms with van der Waals surface area (Å²) in [7, 11) is -3.75. The summed E-state index contributed by atoms with van der Waals surface area (Å²) in [6, 6.07) is 19.0. The Kier molecular flexibility index (Phi) is 5.44. The van der Waals surface area contributed by atoms with Gasteiger partial charge in [0.15, 0.2) is 0 Å². The van der Waals surface area contributed by atoms with E-state index in [1.54, 1.807) is 24.3 Å². The van der Waals surface area contributed by atoms with Crippen molar-refractivity contribution in [2.45, 2.75) is 11.4 Å². The van der Waals surface area contributed by atoms with Crippen molar-refractivity contribution < 1.29 is 12.8 Å². The van der Waals surface area contributed by atoms with E-state index >= 15 is 0 Å². The molecular weight excluding hydrogens is 375 g/mol. The van der Waals surface area contributed by atoms with Gasteiger partial charge in [0, 0.05) is 22.9 Å². The van der Waals surface area contributed by atoms with Crippen LogP contribution in [0.4, 0.5) is 15.8 Å². The SMILES string of the molecule is O=S(=O)(Nc1ccc(NCc2ccc(Cl)cc2)cc1)c1ccc(F)cc1. The molecule has 3 aromatic carbocycles. The van der Waals surface area contributed by atoms with E-state index in [4.69, 9.17) is 11.6 Å². The molecule has 0 aliphatic heterocycles. The Labute approximate surface area is 156 Å². The van der Waals surface area contributed by atoms with Crippen molar-refractivity contribution in [1.82, 2.24) is 0 Å². The number of benzene rings is 3. The second-order valence-electron chi connectivity index (χ2n) is 5.62. The van der Waals surface area contributed by atoms with Crippen LogP contribution < -0.4 is 10.0 Å². The van der Waals surface area contributed by atoms with Crippen LogP contribution in [0.1, 0.15) is 5.56 Å². The highest BCUT2D eigenvalue weighted by Crippen LogP contribution is 2.19. The van der Waals surface area contributed by atoms with E-state index in [1.165, 1.54) is 12.1 Å². The smallest absolute Gasteiger partial charge is 0.261 e. The zero-order valence-electron chi connectivity index (χ0n) is 13.6. The lowest BCUT2D eigenvalue weighted by Gasteiger charge is -2.10. The van der Waals surface area contributed by atoms with Crippen molar-refractivity contribution in [1.29, 1.82) is 0 Å². The van der Waals surface area contributed by atoms with Gasteiger partial charge in [0.1, 0.15) is 5.82 Å². The number of hydrogen-bond acceptors (Lipinski definition) is 3. The number of sulfonamides is 1. The number of halogens is 2. The van der Waals surface area contributed by atoms with Crippen molar-refractivity contribution >= 4 is 33.0 Å². The minimum Gasteiger partial charge on any atom is -0.381 e. The van der Waals surface area contributed by atoms with E-state index in [2.05, 4.69) is 10.0 Å². The fraction of sp³-hybridized carbons (Fsp3) is 0.0526. The first kappa shape index (κ1) is 18.2. The predicted octanol–water partition coefficient (Wildman–Crippen LogP) is 4.89. The molecule has 0 spiro atoms. The Morgan fingerprint density at radius 1 is 0.808 bits per heavy atom. The van der Waals surface area contributed by atoms with Gasteiger partial charge in [0.25, 0.3) is 10.0 Å². The van der Waals surface area contributed by atoms with E-state index in [9.17, 15) is 12.8 Å². The minimum atomic E-state index is -3.75. The monoisotopic (exact) mass is 390 g/mol. The fourth-order valence-electron chi connectivity index (χ4n) is 2.29. The molecule has 0 saturated heterocycles. The van der Waals surface area contributed by atoms with E-state index < -0.39 is 15.8 Å². The Morgan fingerprint density at radius 3 is 2.00 bits per heavy atom. The molecule has 0 heterocycles. The van der Waals surface area contributed by atoms with Crippen LogP contribution in [0.25, 0.3) is 0 Å². The van der Waals surface area contributed by atoms with E-state index in [1.807, 2.05) is 24.3 Å². The van der Waals surface area contributed by atoms with Gasteiger partial charge in [-0.05, 0) is 66.2 Å². The Hall–Kier alpha value is -2.57. The lowest BCUT2D eigenvalue weighted by Crippen LogP contribution is -2.12. The summed E-state index contributed by atoms with van der Waals surface area (Å²) < 4.78 is 40.0. The number of hydrogen-bond donors (Lipinski definition) is 2. The molecule has 0 aliphatic carbocycles. The van der Waals surface area contributed by atoms with Crippen LogP contribution in [-0.4, -0.2) is 8.42 Å². The molecule has 0 saturated carbocycles. The van der Waals surface area contributed by atoms with Gasteiger partial charge in [-0.15, -0.1) is 0 Å². The maximum absolute atomic E-state index is 12.9. The minimum absolute atomic E-state index is 0.00356. The third kappa shape index (κ3) is 4.74. The summed E-state index contributed by atoms with van der Waals surface area (Å²) in [5.41, 5.74) is 2.35. The molecule has 0 unspecified atom stereocenters. The van der Waals surface area contributed by atoms with Crippen molar-refractivity contribution in [3.8, 4) is 0 Å². The summed E-state index contributed by atoms with van der Waals surface area (Å²) in [4.78, 5) is 0.00356. The third-order valence-electron chi connectivity index (χ3n) is 3.67. The van der Waals surface area contributed by atoms with Crippen LogP contribution in [0.15, 0.2) is 77.7 Å². The highest BCUT2D eigenvalue weighted by atomic mass is 35.5. The van der Waals surface area contributed by atoms with Crippen molar-refractivity contribution in [3.05, 3.63) is 89.2 Å². The molecule has 0 radical (unpaired) electrons. The molecule has 2 N–H and O–H groups in total. The zero-order chi connectivity index (χ0) is 18.6. The van der Waals surface area contributed by atoms with Crippen LogP contribution in [0.3, 0.4) is 0 Å². The first-order chi connectivity index (χ1) is 12.4. The molecule has 0 bridgehead atoms. The second kappa shape index (κ2) is 7.76. The standard InChI is InChI=1S/C19H16ClFN2O2S/c20-15-3-1-14(2-4-15)13-22-17-7-9-18(10-8-17)23-26(24,25)19-11-5-16(21)6-12-19/h1-12,22-23H,13H2. The lowest BCUT2D eigenvalue weighted by molar-refractivity contribution is 0.599. The highest BCUT2D eigenvalue weighted by molar-refractivity contribution is 7.92. The zero-order valence-corrected chi connectivity index (χ0v) is 15.2. The Morgan fingerprint density at radius 2 is 1.38 bits per heavy atom. The van der Waals surface area contributed by atoms with Gasteiger partial charge in [-0.2, -0.15) is 0 Å². The van der Waals surface area contributed by atoms with Gasteiger partial charge in [-0.1, -0.05) is 23.7 Å². The summed E-state index contributed by atoms with van der Waals surface area (Å²) in [6.07, 6.45) is 0. The molecule has 7 heteroatoms. The van der Waals surface area contributed by atoms with Gasteiger partial charge < -0.3 is 5.32 Å². The molecule has 4 nitrogen and oxygen atoms in total. The molecule has 0 atom stereocenters. The van der Waals surface area contributed by atoms with Gasteiger partial charge in [0.05, 0.1) is 4.90 Å². The van der Waals surface area contributed by atoms with Crippen molar-refractivity contribution in [2.75, 3.05) is 10.0 Å². The van der Waals surface area contributed by atoms with Gasteiger partial charge in [-0.3, -0.25) is 4.72 Å². The summed E-state index contributed by atoms with van der Waals surface area (Å²) >= 11 is 5.86. The van der Waals surface area contributed by atoms with Crippen LogP contribution in [0.5, 0.6) is 0 Å². The summed E-state index contributed by atoms with van der Waals surface area (Å²) in [5.74, 6) is -0.486. The average molecular weight is 391 g/mol.